The van der Waals surface area contributed by atoms with E-state index >= 15 is 0 Å². The Bertz CT molecular complexity index is 829. The zero-order valence-corrected chi connectivity index (χ0v) is 14.8. The summed E-state index contributed by atoms with van der Waals surface area (Å²) in [6.45, 7) is 1.71. The standard InChI is InChI=1S/C19H22N2O3S/c22-19(16-9-11-20-12-10-16)21-17-6-4-5-15(13-17)14-25(23,24)18-7-2-1-3-8-18/h1-8,13,16,20H,9-12,14H2,(H,21,22). The minimum absolute atomic E-state index is 0.00423. The summed E-state index contributed by atoms with van der Waals surface area (Å²) in [6.07, 6.45) is 1.65. The smallest absolute Gasteiger partial charge is 0.227 e. The molecule has 0 radical (unpaired) electrons. The van der Waals surface area contributed by atoms with Crippen LogP contribution in [0.4, 0.5) is 5.69 Å². The van der Waals surface area contributed by atoms with E-state index < -0.39 is 9.84 Å². The monoisotopic (exact) mass is 358 g/mol. The molecule has 1 saturated heterocycles. The molecule has 1 aliphatic heterocycles. The molecule has 2 aromatic carbocycles. The maximum absolute atomic E-state index is 12.5. The van der Waals surface area contributed by atoms with E-state index in [1.54, 1.807) is 54.6 Å². The lowest BCUT2D eigenvalue weighted by Crippen LogP contribution is -2.34. The number of hydrogen-bond donors (Lipinski definition) is 2. The third kappa shape index (κ3) is 4.67. The van der Waals surface area contributed by atoms with Crippen molar-refractivity contribution in [3.63, 3.8) is 0 Å². The summed E-state index contributed by atoms with van der Waals surface area (Å²) in [5.41, 5.74) is 1.30. The minimum atomic E-state index is -3.40. The highest BCUT2D eigenvalue weighted by Crippen LogP contribution is 2.20. The van der Waals surface area contributed by atoms with Gasteiger partial charge in [-0.25, -0.2) is 8.42 Å². The van der Waals surface area contributed by atoms with Crippen LogP contribution in [0, 0.1) is 5.92 Å². The Hall–Kier alpha value is -2.18. The predicted octanol–water partition coefficient (Wildman–Crippen LogP) is 2.60. The van der Waals surface area contributed by atoms with Crippen LogP contribution < -0.4 is 10.6 Å². The molecule has 0 atom stereocenters. The number of carbonyl (C=O) groups is 1. The van der Waals surface area contributed by atoms with Crippen molar-refractivity contribution in [2.24, 2.45) is 5.92 Å². The number of carbonyl (C=O) groups excluding carboxylic acids is 1. The van der Waals surface area contributed by atoms with Gasteiger partial charge in [0, 0.05) is 11.6 Å². The van der Waals surface area contributed by atoms with Gasteiger partial charge in [0.2, 0.25) is 5.91 Å². The topological polar surface area (TPSA) is 75.3 Å². The Balaban J connectivity index is 1.70. The molecule has 0 aliphatic carbocycles. The average molecular weight is 358 g/mol. The molecule has 6 heteroatoms. The molecular formula is C19H22N2O3S. The molecule has 1 amide bonds. The van der Waals surface area contributed by atoms with Gasteiger partial charge in [-0.05, 0) is 55.8 Å². The van der Waals surface area contributed by atoms with E-state index in [0.717, 1.165) is 25.9 Å². The molecule has 0 unspecified atom stereocenters. The number of anilines is 1. The lowest BCUT2D eigenvalue weighted by Gasteiger charge is -2.21. The first-order valence-electron chi connectivity index (χ1n) is 8.43. The molecule has 25 heavy (non-hydrogen) atoms. The van der Waals surface area contributed by atoms with E-state index in [9.17, 15) is 13.2 Å². The van der Waals surface area contributed by atoms with E-state index in [4.69, 9.17) is 0 Å². The molecule has 2 aromatic rings. The molecule has 0 bridgehead atoms. The van der Waals surface area contributed by atoms with Gasteiger partial charge in [0.05, 0.1) is 10.6 Å². The second-order valence-corrected chi connectivity index (χ2v) is 8.28. The van der Waals surface area contributed by atoms with Crippen LogP contribution in [0.1, 0.15) is 18.4 Å². The number of benzene rings is 2. The molecule has 0 aromatic heterocycles. The van der Waals surface area contributed by atoms with E-state index in [0.29, 0.717) is 16.1 Å². The highest BCUT2D eigenvalue weighted by atomic mass is 32.2. The van der Waals surface area contributed by atoms with Gasteiger partial charge < -0.3 is 10.6 Å². The fourth-order valence-corrected chi connectivity index (χ4v) is 4.35. The van der Waals surface area contributed by atoms with Crippen molar-refractivity contribution in [2.75, 3.05) is 18.4 Å². The number of nitrogens with one attached hydrogen (secondary N) is 2. The number of sulfone groups is 1. The van der Waals surface area contributed by atoms with Crippen molar-refractivity contribution in [3.05, 3.63) is 60.2 Å². The van der Waals surface area contributed by atoms with Crippen LogP contribution in [0.2, 0.25) is 0 Å². The van der Waals surface area contributed by atoms with Gasteiger partial charge in [0.15, 0.2) is 9.84 Å². The fourth-order valence-electron chi connectivity index (χ4n) is 3.00. The van der Waals surface area contributed by atoms with Gasteiger partial charge in [-0.15, -0.1) is 0 Å². The van der Waals surface area contributed by atoms with Gasteiger partial charge >= 0.3 is 0 Å². The van der Waals surface area contributed by atoms with E-state index in [2.05, 4.69) is 10.6 Å². The molecule has 0 spiro atoms. The first kappa shape index (κ1) is 17.6. The molecule has 2 N–H and O–H groups in total. The summed E-state index contributed by atoms with van der Waals surface area (Å²) < 4.78 is 25.0. The molecule has 1 fully saturated rings. The first-order valence-corrected chi connectivity index (χ1v) is 10.1. The van der Waals surface area contributed by atoms with Crippen molar-refractivity contribution in [3.8, 4) is 0 Å². The highest BCUT2D eigenvalue weighted by molar-refractivity contribution is 7.90. The Labute approximate surface area is 148 Å². The van der Waals surface area contributed by atoms with Crippen LogP contribution in [0.15, 0.2) is 59.5 Å². The summed E-state index contributed by atoms with van der Waals surface area (Å²) in [5, 5.41) is 6.15. The SMILES string of the molecule is O=C(Nc1cccc(CS(=O)(=O)c2ccccc2)c1)C1CCNCC1. The van der Waals surface area contributed by atoms with Crippen LogP contribution >= 0.6 is 0 Å². The second kappa shape index (κ2) is 7.80. The van der Waals surface area contributed by atoms with Crippen LogP contribution in [0.25, 0.3) is 0 Å². The molecule has 0 saturated carbocycles. The van der Waals surface area contributed by atoms with Crippen LogP contribution in [0.3, 0.4) is 0 Å². The quantitative estimate of drug-likeness (QED) is 0.861. The second-order valence-electron chi connectivity index (χ2n) is 6.29. The zero-order valence-electron chi connectivity index (χ0n) is 13.9. The Kier molecular flexibility index (Phi) is 5.50. The Morgan fingerprint density at radius 2 is 1.76 bits per heavy atom. The van der Waals surface area contributed by atoms with Crippen molar-refractivity contribution in [1.82, 2.24) is 5.32 Å². The van der Waals surface area contributed by atoms with E-state index in [1.807, 2.05) is 0 Å². The number of hydrogen-bond acceptors (Lipinski definition) is 4. The summed E-state index contributed by atoms with van der Waals surface area (Å²) in [4.78, 5) is 12.6. The fraction of sp³-hybridized carbons (Fsp3) is 0.316. The largest absolute Gasteiger partial charge is 0.326 e. The number of rotatable bonds is 5. The van der Waals surface area contributed by atoms with Gasteiger partial charge in [-0.1, -0.05) is 30.3 Å². The van der Waals surface area contributed by atoms with Gasteiger partial charge in [0.25, 0.3) is 0 Å². The van der Waals surface area contributed by atoms with Crippen molar-refractivity contribution in [1.29, 1.82) is 0 Å². The van der Waals surface area contributed by atoms with Crippen molar-refractivity contribution < 1.29 is 13.2 Å². The summed E-state index contributed by atoms with van der Waals surface area (Å²) in [6, 6.07) is 15.5. The highest BCUT2D eigenvalue weighted by Gasteiger charge is 2.21. The third-order valence-corrected chi connectivity index (χ3v) is 6.07. The summed E-state index contributed by atoms with van der Waals surface area (Å²) >= 11 is 0. The van der Waals surface area contributed by atoms with E-state index in [1.165, 1.54) is 0 Å². The Morgan fingerprint density at radius 3 is 2.48 bits per heavy atom. The summed E-state index contributed by atoms with van der Waals surface area (Å²) in [5.74, 6) is -0.0730. The maximum Gasteiger partial charge on any atom is 0.227 e. The first-order chi connectivity index (χ1) is 12.0. The van der Waals surface area contributed by atoms with Crippen molar-refractivity contribution >= 4 is 21.4 Å². The van der Waals surface area contributed by atoms with Gasteiger partial charge in [-0.2, -0.15) is 0 Å². The number of piperidine rings is 1. The zero-order chi connectivity index (χ0) is 17.7. The van der Waals surface area contributed by atoms with Crippen LogP contribution in [0.5, 0.6) is 0 Å². The van der Waals surface area contributed by atoms with Gasteiger partial charge in [-0.3, -0.25) is 4.79 Å². The van der Waals surface area contributed by atoms with Crippen LogP contribution in [-0.4, -0.2) is 27.4 Å². The molecule has 3 rings (SSSR count). The Morgan fingerprint density at radius 1 is 1.04 bits per heavy atom. The summed E-state index contributed by atoms with van der Waals surface area (Å²) in [7, 11) is -3.40. The van der Waals surface area contributed by atoms with E-state index in [-0.39, 0.29) is 17.6 Å². The maximum atomic E-state index is 12.5. The average Bonchev–Trinajstić information content (AvgIpc) is 2.63. The van der Waals surface area contributed by atoms with Gasteiger partial charge in [0.1, 0.15) is 0 Å². The molecule has 1 aliphatic rings. The lowest BCUT2D eigenvalue weighted by atomic mass is 9.97. The van der Waals surface area contributed by atoms with Crippen molar-refractivity contribution in [2.45, 2.75) is 23.5 Å². The number of amides is 1. The normalized spacial score (nSPS) is 15.7. The molecule has 5 nitrogen and oxygen atoms in total. The predicted molar refractivity (Wildman–Crippen MR) is 98.0 cm³/mol. The molecular weight excluding hydrogens is 336 g/mol. The molecule has 1 heterocycles. The molecule has 132 valence electrons. The lowest BCUT2D eigenvalue weighted by molar-refractivity contribution is -0.120. The van der Waals surface area contributed by atoms with Crippen LogP contribution in [-0.2, 0) is 20.4 Å². The third-order valence-electron chi connectivity index (χ3n) is 4.36. The minimum Gasteiger partial charge on any atom is -0.326 e.